The first-order chi connectivity index (χ1) is 17.5. The highest BCUT2D eigenvalue weighted by atomic mass is 35.5. The molecule has 36 heavy (non-hydrogen) atoms. The zero-order chi connectivity index (χ0) is 25.3. The third-order valence-electron chi connectivity index (χ3n) is 7.55. The van der Waals surface area contributed by atoms with Gasteiger partial charge in [0.25, 0.3) is 5.91 Å². The Morgan fingerprint density at radius 1 is 1.08 bits per heavy atom. The minimum atomic E-state index is -1.31. The molecule has 2 amide bonds. The van der Waals surface area contributed by atoms with Crippen LogP contribution in [-0.2, 0) is 23.9 Å². The zero-order valence-corrected chi connectivity index (χ0v) is 20.8. The molecule has 192 valence electrons. The van der Waals surface area contributed by atoms with E-state index in [-0.39, 0.29) is 31.5 Å². The van der Waals surface area contributed by atoms with Crippen LogP contribution >= 0.6 is 11.6 Å². The van der Waals surface area contributed by atoms with Gasteiger partial charge in [-0.25, -0.2) is 0 Å². The second-order valence-corrected chi connectivity index (χ2v) is 10.1. The van der Waals surface area contributed by atoms with E-state index in [4.69, 9.17) is 21.1 Å². The molecule has 1 spiro atoms. The number of allylic oxidation sites excluding steroid dienone is 1. The lowest BCUT2D eigenvalue weighted by Crippen LogP contribution is -2.55. The number of unbranched alkanes of at least 4 members (excludes halogenated alkanes) is 1. The van der Waals surface area contributed by atoms with Crippen molar-refractivity contribution >= 4 is 35.1 Å². The molecule has 1 aromatic rings. The van der Waals surface area contributed by atoms with Crippen molar-refractivity contribution in [1.29, 1.82) is 0 Å². The quantitative estimate of drug-likeness (QED) is 0.369. The van der Waals surface area contributed by atoms with E-state index >= 15 is 0 Å². The van der Waals surface area contributed by atoms with Crippen molar-refractivity contribution in [2.24, 2.45) is 11.8 Å². The van der Waals surface area contributed by atoms with Crippen LogP contribution in [0.15, 0.2) is 48.6 Å². The topological polar surface area (TPSA) is 96.4 Å². The van der Waals surface area contributed by atoms with Gasteiger partial charge in [-0.15, -0.1) is 0 Å². The maximum Gasteiger partial charge on any atom is 0.312 e. The summed E-state index contributed by atoms with van der Waals surface area (Å²) in [6, 6.07) is 6.12. The molecule has 0 bridgehead atoms. The lowest BCUT2D eigenvalue weighted by Gasteiger charge is -2.35. The van der Waals surface area contributed by atoms with Crippen molar-refractivity contribution < 1.29 is 29.0 Å². The van der Waals surface area contributed by atoms with Gasteiger partial charge >= 0.3 is 5.97 Å². The van der Waals surface area contributed by atoms with Gasteiger partial charge in [0, 0.05) is 19.7 Å². The van der Waals surface area contributed by atoms with Gasteiger partial charge in [0.05, 0.1) is 29.3 Å². The molecule has 9 heteroatoms. The standard InChI is InChI=1S/C27H31ClN2O6/c28-18-10-4-5-11-19(18)29-15-9-13-27-22(24(32)30(14-6-7-16-31)23(27)25(29)33)21-20(36-27)12-3-1-2-8-17-35-26(21)34/h3-5,9-13,20-23,31H,1-2,6-8,14-17H2/b12-3-/t20-,21+,22+,23?,27+/m1/s1. The number of benzene rings is 1. The Bertz CT molecular complexity index is 1090. The number of cyclic esters (lactones) is 1. The number of fused-ring (bicyclic) bond motifs is 2. The lowest BCUT2D eigenvalue weighted by atomic mass is 9.78. The predicted octanol–water partition coefficient (Wildman–Crippen LogP) is 2.88. The summed E-state index contributed by atoms with van der Waals surface area (Å²) in [5, 5.41) is 9.74. The molecule has 4 heterocycles. The summed E-state index contributed by atoms with van der Waals surface area (Å²) in [5.41, 5.74) is -0.760. The van der Waals surface area contributed by atoms with E-state index in [0.717, 1.165) is 19.3 Å². The van der Waals surface area contributed by atoms with Crippen molar-refractivity contribution in [1.82, 2.24) is 4.90 Å². The van der Waals surface area contributed by atoms with Crippen molar-refractivity contribution in [3.05, 3.63) is 53.6 Å². The van der Waals surface area contributed by atoms with Gasteiger partial charge in [-0.2, -0.15) is 0 Å². The maximum absolute atomic E-state index is 14.2. The first-order valence-corrected chi connectivity index (χ1v) is 13.0. The van der Waals surface area contributed by atoms with E-state index in [1.807, 2.05) is 18.2 Å². The largest absolute Gasteiger partial charge is 0.465 e. The normalized spacial score (nSPS) is 33.0. The number of esters is 1. The summed E-state index contributed by atoms with van der Waals surface area (Å²) < 4.78 is 12.2. The molecule has 1 aromatic carbocycles. The predicted molar refractivity (Wildman–Crippen MR) is 133 cm³/mol. The summed E-state index contributed by atoms with van der Waals surface area (Å²) in [7, 11) is 0. The number of halogens is 1. The number of aliphatic hydroxyl groups is 1. The Labute approximate surface area is 215 Å². The van der Waals surface area contributed by atoms with Gasteiger partial charge in [-0.3, -0.25) is 14.4 Å². The van der Waals surface area contributed by atoms with Crippen LogP contribution in [0.25, 0.3) is 0 Å². The third-order valence-corrected chi connectivity index (χ3v) is 7.87. The van der Waals surface area contributed by atoms with Gasteiger partial charge in [-0.1, -0.05) is 48.0 Å². The monoisotopic (exact) mass is 514 g/mol. The number of ether oxygens (including phenoxy) is 2. The highest BCUT2D eigenvalue weighted by Gasteiger charge is 2.71. The van der Waals surface area contributed by atoms with Crippen molar-refractivity contribution in [2.75, 3.05) is 31.2 Å². The Balaban J connectivity index is 1.59. The summed E-state index contributed by atoms with van der Waals surface area (Å²) in [4.78, 5) is 44.6. The fourth-order valence-electron chi connectivity index (χ4n) is 5.94. The van der Waals surface area contributed by atoms with Crippen LogP contribution in [0, 0.1) is 11.8 Å². The van der Waals surface area contributed by atoms with Crippen molar-refractivity contribution in [3.63, 3.8) is 0 Å². The molecule has 0 radical (unpaired) electrons. The molecule has 4 aliphatic rings. The zero-order valence-electron chi connectivity index (χ0n) is 20.1. The molecule has 2 fully saturated rings. The number of hydrogen-bond acceptors (Lipinski definition) is 6. The van der Waals surface area contributed by atoms with E-state index in [1.165, 1.54) is 4.90 Å². The van der Waals surface area contributed by atoms with Gasteiger partial charge in [0.1, 0.15) is 17.6 Å². The second kappa shape index (κ2) is 10.4. The van der Waals surface area contributed by atoms with Crippen LogP contribution in [0.4, 0.5) is 5.69 Å². The molecule has 0 aliphatic carbocycles. The molecule has 5 atom stereocenters. The van der Waals surface area contributed by atoms with Crippen molar-refractivity contribution in [3.8, 4) is 0 Å². The van der Waals surface area contributed by atoms with Crippen LogP contribution in [0.3, 0.4) is 0 Å². The lowest BCUT2D eigenvalue weighted by molar-refractivity contribution is -0.154. The van der Waals surface area contributed by atoms with E-state index in [9.17, 15) is 19.5 Å². The summed E-state index contributed by atoms with van der Waals surface area (Å²) in [6.45, 7) is 0.802. The molecule has 5 rings (SSSR count). The van der Waals surface area contributed by atoms with Crippen LogP contribution in [0.2, 0.25) is 5.02 Å². The Morgan fingerprint density at radius 3 is 2.72 bits per heavy atom. The number of likely N-dealkylation sites (tertiary alicyclic amines) is 1. The van der Waals surface area contributed by atoms with E-state index in [0.29, 0.717) is 30.2 Å². The maximum atomic E-state index is 14.2. The number of carbonyl (C=O) groups is 3. The van der Waals surface area contributed by atoms with Gasteiger partial charge in [0.2, 0.25) is 5.91 Å². The Morgan fingerprint density at radius 2 is 1.92 bits per heavy atom. The molecular formula is C27H31ClN2O6. The summed E-state index contributed by atoms with van der Waals surface area (Å²) in [5.74, 6) is -2.81. The smallest absolute Gasteiger partial charge is 0.312 e. The van der Waals surface area contributed by atoms with Crippen LogP contribution in [-0.4, -0.2) is 71.8 Å². The number of hydrogen-bond donors (Lipinski definition) is 1. The molecule has 2 saturated heterocycles. The Kier molecular flexibility index (Phi) is 7.19. The van der Waals surface area contributed by atoms with Gasteiger partial charge in [-0.05, 0) is 44.2 Å². The van der Waals surface area contributed by atoms with Gasteiger partial charge < -0.3 is 24.4 Å². The van der Waals surface area contributed by atoms with Crippen LogP contribution < -0.4 is 4.90 Å². The number of rotatable bonds is 5. The van der Waals surface area contributed by atoms with E-state index < -0.39 is 35.6 Å². The summed E-state index contributed by atoms with van der Waals surface area (Å²) in [6.07, 6.45) is 10.3. The third kappa shape index (κ3) is 4.15. The highest BCUT2D eigenvalue weighted by molar-refractivity contribution is 6.34. The fraction of sp³-hybridized carbons (Fsp3) is 0.519. The van der Waals surface area contributed by atoms with E-state index in [2.05, 4.69) is 0 Å². The number of para-hydroxylation sites is 1. The minimum absolute atomic E-state index is 0.0147. The molecule has 4 aliphatic heterocycles. The number of carbonyl (C=O) groups excluding carboxylic acids is 3. The van der Waals surface area contributed by atoms with Gasteiger partial charge in [0.15, 0.2) is 0 Å². The molecule has 0 saturated carbocycles. The Hall–Kier alpha value is -2.68. The number of anilines is 1. The SMILES string of the molecule is O=C1OCCCC/C=C\[C@H]2O[C@]34C=CCN(c5ccccc5Cl)C(=O)C3N(CCCCO)C(=O)[C@@H]4[C@@H]12. The second-order valence-electron chi connectivity index (χ2n) is 9.70. The number of amides is 2. The van der Waals surface area contributed by atoms with E-state index in [1.54, 1.807) is 35.2 Å². The first-order valence-electron chi connectivity index (χ1n) is 12.7. The molecular weight excluding hydrogens is 484 g/mol. The fourth-order valence-corrected chi connectivity index (χ4v) is 6.17. The minimum Gasteiger partial charge on any atom is -0.465 e. The molecule has 1 N–H and O–H groups in total. The highest BCUT2D eigenvalue weighted by Crippen LogP contribution is 2.53. The van der Waals surface area contributed by atoms with Crippen LogP contribution in [0.5, 0.6) is 0 Å². The molecule has 1 unspecified atom stereocenters. The average Bonchev–Trinajstić information content (AvgIpc) is 3.25. The number of nitrogens with zero attached hydrogens (tertiary/aromatic N) is 2. The molecule has 0 aromatic heterocycles. The average molecular weight is 515 g/mol. The molecule has 8 nitrogen and oxygen atoms in total. The first kappa shape index (κ1) is 25.0. The summed E-state index contributed by atoms with van der Waals surface area (Å²) >= 11 is 6.45. The van der Waals surface area contributed by atoms with Crippen molar-refractivity contribution in [2.45, 2.75) is 49.9 Å². The van der Waals surface area contributed by atoms with Crippen LogP contribution in [0.1, 0.15) is 32.1 Å². The number of aliphatic hydroxyl groups excluding tert-OH is 1.